The normalized spacial score (nSPS) is 20.9. The minimum atomic E-state index is -0.0485. The maximum Gasteiger partial charge on any atom is 0.260 e. The number of amides is 2. The molecule has 6 heteroatoms. The second-order valence-electron chi connectivity index (χ2n) is 6.10. The van der Waals surface area contributed by atoms with Crippen LogP contribution >= 0.6 is 0 Å². The predicted octanol–water partition coefficient (Wildman–Crippen LogP) is 1.66. The van der Waals surface area contributed by atoms with Gasteiger partial charge in [0.1, 0.15) is 5.75 Å². The number of hydrogen-bond acceptors (Lipinski definition) is 4. The monoisotopic (exact) mass is 318 g/mol. The van der Waals surface area contributed by atoms with E-state index in [9.17, 15) is 9.59 Å². The van der Waals surface area contributed by atoms with Gasteiger partial charge in [-0.2, -0.15) is 0 Å². The third kappa shape index (κ3) is 4.45. The molecule has 1 atom stereocenters. The van der Waals surface area contributed by atoms with Crippen LogP contribution in [0.2, 0.25) is 0 Å². The van der Waals surface area contributed by atoms with Crippen LogP contribution in [0.4, 0.5) is 5.69 Å². The molecule has 1 saturated carbocycles. The smallest absolute Gasteiger partial charge is 0.260 e. The Morgan fingerprint density at radius 2 is 2.22 bits per heavy atom. The van der Waals surface area contributed by atoms with Crippen molar-refractivity contribution in [2.24, 2.45) is 5.92 Å². The second kappa shape index (κ2) is 7.00. The summed E-state index contributed by atoms with van der Waals surface area (Å²) in [5.41, 5.74) is 0.701. The summed E-state index contributed by atoms with van der Waals surface area (Å²) in [4.78, 5) is 25.7. The van der Waals surface area contributed by atoms with E-state index in [4.69, 9.17) is 9.47 Å². The summed E-state index contributed by atoms with van der Waals surface area (Å²) in [5, 5.41) is 2.87. The number of ether oxygens (including phenoxy) is 2. The van der Waals surface area contributed by atoms with Gasteiger partial charge in [0.15, 0.2) is 6.61 Å². The van der Waals surface area contributed by atoms with Crippen molar-refractivity contribution >= 4 is 17.5 Å². The van der Waals surface area contributed by atoms with Crippen molar-refractivity contribution in [1.29, 1.82) is 0 Å². The molecule has 1 saturated heterocycles. The third-order valence-corrected chi connectivity index (χ3v) is 4.01. The van der Waals surface area contributed by atoms with Gasteiger partial charge in [-0.3, -0.25) is 9.59 Å². The SMILES string of the molecule is CC1CN(C(=O)COc2cccc(NC(=O)C3CC3)c2)CCO1. The van der Waals surface area contributed by atoms with E-state index in [1.54, 1.807) is 23.1 Å². The zero-order valence-electron chi connectivity index (χ0n) is 13.3. The molecule has 124 valence electrons. The van der Waals surface area contributed by atoms with Crippen LogP contribution < -0.4 is 10.1 Å². The highest BCUT2D eigenvalue weighted by atomic mass is 16.5. The number of rotatable bonds is 5. The first-order chi connectivity index (χ1) is 11.1. The van der Waals surface area contributed by atoms with Crippen LogP contribution in [0, 0.1) is 5.92 Å². The molecule has 1 aromatic rings. The lowest BCUT2D eigenvalue weighted by atomic mass is 10.3. The Labute approximate surface area is 135 Å². The summed E-state index contributed by atoms with van der Waals surface area (Å²) in [7, 11) is 0. The number of carbonyl (C=O) groups is 2. The average molecular weight is 318 g/mol. The van der Waals surface area contributed by atoms with Crippen LogP contribution in [0.5, 0.6) is 5.75 Å². The molecule has 1 aliphatic heterocycles. The van der Waals surface area contributed by atoms with E-state index in [-0.39, 0.29) is 30.4 Å². The lowest BCUT2D eigenvalue weighted by molar-refractivity contribution is -0.140. The van der Waals surface area contributed by atoms with E-state index in [1.807, 2.05) is 13.0 Å². The highest BCUT2D eigenvalue weighted by Crippen LogP contribution is 2.30. The molecule has 2 aliphatic rings. The summed E-state index contributed by atoms with van der Waals surface area (Å²) in [5.74, 6) is 0.741. The Hall–Kier alpha value is -2.08. The molecule has 1 N–H and O–H groups in total. The van der Waals surface area contributed by atoms with Gasteiger partial charge in [-0.25, -0.2) is 0 Å². The fourth-order valence-electron chi connectivity index (χ4n) is 2.53. The fraction of sp³-hybridized carbons (Fsp3) is 0.529. The summed E-state index contributed by atoms with van der Waals surface area (Å²) in [6.45, 7) is 3.71. The van der Waals surface area contributed by atoms with Gasteiger partial charge in [0.2, 0.25) is 5.91 Å². The molecule has 1 heterocycles. The molecule has 0 spiro atoms. The van der Waals surface area contributed by atoms with Crippen molar-refractivity contribution in [3.05, 3.63) is 24.3 Å². The molecule has 1 aliphatic carbocycles. The summed E-state index contributed by atoms with van der Waals surface area (Å²) >= 11 is 0. The van der Waals surface area contributed by atoms with Crippen LogP contribution in [0.25, 0.3) is 0 Å². The standard InChI is InChI=1S/C17H22N2O4/c1-12-10-19(7-8-22-12)16(20)11-23-15-4-2-3-14(9-15)18-17(21)13-5-6-13/h2-4,9,12-13H,5-8,10-11H2,1H3,(H,18,21). The Morgan fingerprint density at radius 1 is 1.39 bits per heavy atom. The molecule has 0 aromatic heterocycles. The lowest BCUT2D eigenvalue weighted by Crippen LogP contribution is -2.46. The third-order valence-electron chi connectivity index (χ3n) is 4.01. The van der Waals surface area contributed by atoms with Crippen molar-refractivity contribution in [2.45, 2.75) is 25.9 Å². The Morgan fingerprint density at radius 3 is 2.96 bits per heavy atom. The van der Waals surface area contributed by atoms with Gasteiger partial charge in [-0.1, -0.05) is 6.07 Å². The van der Waals surface area contributed by atoms with Gasteiger partial charge in [0, 0.05) is 30.8 Å². The summed E-state index contributed by atoms with van der Waals surface area (Å²) in [6, 6.07) is 7.15. The highest BCUT2D eigenvalue weighted by Gasteiger charge is 2.29. The second-order valence-corrected chi connectivity index (χ2v) is 6.10. The van der Waals surface area contributed by atoms with Gasteiger partial charge >= 0.3 is 0 Å². The molecule has 3 rings (SSSR count). The van der Waals surface area contributed by atoms with E-state index in [0.717, 1.165) is 12.8 Å². The zero-order valence-corrected chi connectivity index (χ0v) is 13.3. The Balaban J connectivity index is 1.51. The number of benzene rings is 1. The Kier molecular flexibility index (Phi) is 4.81. The number of hydrogen-bond donors (Lipinski definition) is 1. The number of carbonyl (C=O) groups excluding carboxylic acids is 2. The lowest BCUT2D eigenvalue weighted by Gasteiger charge is -2.31. The number of nitrogens with one attached hydrogen (secondary N) is 1. The van der Waals surface area contributed by atoms with E-state index in [1.165, 1.54) is 0 Å². The van der Waals surface area contributed by atoms with E-state index < -0.39 is 0 Å². The molecule has 6 nitrogen and oxygen atoms in total. The molecule has 0 radical (unpaired) electrons. The first-order valence-corrected chi connectivity index (χ1v) is 8.05. The van der Waals surface area contributed by atoms with Gasteiger partial charge in [-0.05, 0) is 31.9 Å². The van der Waals surface area contributed by atoms with Crippen LogP contribution in [0.3, 0.4) is 0 Å². The van der Waals surface area contributed by atoms with Gasteiger partial charge in [0.25, 0.3) is 5.91 Å². The molecule has 0 bridgehead atoms. The van der Waals surface area contributed by atoms with Crippen molar-refractivity contribution in [1.82, 2.24) is 4.90 Å². The first-order valence-electron chi connectivity index (χ1n) is 8.05. The number of nitrogens with zero attached hydrogens (tertiary/aromatic N) is 1. The van der Waals surface area contributed by atoms with Crippen LogP contribution in [-0.2, 0) is 14.3 Å². The van der Waals surface area contributed by atoms with Crippen molar-refractivity contribution in [3.8, 4) is 5.75 Å². The van der Waals surface area contributed by atoms with Crippen molar-refractivity contribution in [3.63, 3.8) is 0 Å². The van der Waals surface area contributed by atoms with Crippen LogP contribution in [-0.4, -0.2) is 49.1 Å². The molecular weight excluding hydrogens is 296 g/mol. The molecule has 1 aromatic carbocycles. The fourth-order valence-corrected chi connectivity index (χ4v) is 2.53. The van der Waals surface area contributed by atoms with Gasteiger partial charge in [-0.15, -0.1) is 0 Å². The quantitative estimate of drug-likeness (QED) is 0.896. The van der Waals surface area contributed by atoms with Crippen LogP contribution in [0.15, 0.2) is 24.3 Å². The summed E-state index contributed by atoms with van der Waals surface area (Å²) < 4.78 is 11.0. The van der Waals surface area contributed by atoms with E-state index in [2.05, 4.69) is 5.32 Å². The molecule has 2 amide bonds. The Bertz CT molecular complexity index is 586. The average Bonchev–Trinajstić information content (AvgIpc) is 3.38. The maximum atomic E-state index is 12.2. The zero-order chi connectivity index (χ0) is 16.2. The molecular formula is C17H22N2O4. The number of morpholine rings is 1. The first kappa shape index (κ1) is 15.8. The molecule has 2 fully saturated rings. The van der Waals surface area contributed by atoms with Crippen molar-refractivity contribution < 1.29 is 19.1 Å². The molecule has 23 heavy (non-hydrogen) atoms. The summed E-state index contributed by atoms with van der Waals surface area (Å²) in [6.07, 6.45) is 2.00. The van der Waals surface area contributed by atoms with Crippen molar-refractivity contribution in [2.75, 3.05) is 31.6 Å². The van der Waals surface area contributed by atoms with E-state index in [0.29, 0.717) is 31.1 Å². The minimum absolute atomic E-state index is 0.00720. The maximum absolute atomic E-state index is 12.2. The van der Waals surface area contributed by atoms with Crippen LogP contribution in [0.1, 0.15) is 19.8 Å². The predicted molar refractivity (Wildman–Crippen MR) is 85.3 cm³/mol. The van der Waals surface area contributed by atoms with Gasteiger partial charge in [0.05, 0.1) is 12.7 Å². The largest absolute Gasteiger partial charge is 0.484 e. The molecule has 1 unspecified atom stereocenters. The van der Waals surface area contributed by atoms with E-state index >= 15 is 0 Å². The minimum Gasteiger partial charge on any atom is -0.484 e. The van der Waals surface area contributed by atoms with Gasteiger partial charge < -0.3 is 19.7 Å². The highest BCUT2D eigenvalue weighted by molar-refractivity contribution is 5.94. The topological polar surface area (TPSA) is 67.9 Å². The number of anilines is 1.